The summed E-state index contributed by atoms with van der Waals surface area (Å²) < 4.78 is 5.24. The first-order chi connectivity index (χ1) is 9.59. The van der Waals surface area contributed by atoms with E-state index in [0.29, 0.717) is 24.3 Å². The average Bonchev–Trinajstić information content (AvgIpc) is 3.01. The van der Waals surface area contributed by atoms with Gasteiger partial charge in [0.2, 0.25) is 5.91 Å². The number of carbonyl (C=O) groups is 1. The first-order valence-corrected chi connectivity index (χ1v) is 6.68. The average molecular weight is 273 g/mol. The smallest absolute Gasteiger partial charge is 0.244 e. The minimum absolute atomic E-state index is 0.169. The molecule has 0 aliphatic carbocycles. The van der Waals surface area contributed by atoms with Crippen LogP contribution < -0.4 is 11.1 Å². The highest BCUT2D eigenvalue weighted by Gasteiger charge is 2.29. The number of amides is 1. The van der Waals surface area contributed by atoms with E-state index in [1.54, 1.807) is 6.20 Å². The summed E-state index contributed by atoms with van der Waals surface area (Å²) in [6, 6.07) is 7.41. The summed E-state index contributed by atoms with van der Waals surface area (Å²) in [7, 11) is 0. The number of oxazole rings is 1. The van der Waals surface area contributed by atoms with Gasteiger partial charge in [-0.1, -0.05) is 26.0 Å². The molecule has 5 nitrogen and oxygen atoms in total. The fourth-order valence-electron chi connectivity index (χ4n) is 1.94. The lowest BCUT2D eigenvalue weighted by Gasteiger charge is -2.25. The van der Waals surface area contributed by atoms with Crippen molar-refractivity contribution in [3.05, 3.63) is 36.9 Å². The van der Waals surface area contributed by atoms with Gasteiger partial charge >= 0.3 is 0 Å². The molecule has 0 aliphatic rings. The van der Waals surface area contributed by atoms with Gasteiger partial charge in [-0.15, -0.1) is 0 Å². The predicted octanol–water partition coefficient (Wildman–Crippen LogP) is 2.80. The maximum atomic E-state index is 12.2. The first-order valence-electron chi connectivity index (χ1n) is 6.68. The van der Waals surface area contributed by atoms with E-state index in [9.17, 15) is 4.79 Å². The molecule has 0 aliphatic heterocycles. The fourth-order valence-corrected chi connectivity index (χ4v) is 1.94. The van der Waals surface area contributed by atoms with E-state index in [0.717, 1.165) is 5.56 Å². The van der Waals surface area contributed by atoms with Crippen LogP contribution in [0.1, 0.15) is 26.7 Å². The van der Waals surface area contributed by atoms with Crippen LogP contribution in [-0.4, -0.2) is 16.4 Å². The Morgan fingerprint density at radius 2 is 2.15 bits per heavy atom. The molecule has 0 radical (unpaired) electrons. The molecule has 1 heterocycles. The molecule has 0 saturated heterocycles. The molecule has 20 heavy (non-hydrogen) atoms. The van der Waals surface area contributed by atoms with Gasteiger partial charge in [0.15, 0.2) is 12.2 Å². The normalized spacial score (nSPS) is 11.3. The SMILES string of the molecule is CCC(N)(CC)C(=O)Nc1cccc(-c2cnco2)c1. The molecule has 0 atom stereocenters. The van der Waals surface area contributed by atoms with Crippen LogP contribution in [0, 0.1) is 0 Å². The molecule has 3 N–H and O–H groups in total. The highest BCUT2D eigenvalue weighted by molar-refractivity contribution is 5.98. The third kappa shape index (κ3) is 2.88. The zero-order chi connectivity index (χ0) is 14.6. The molecule has 0 bridgehead atoms. The Morgan fingerprint density at radius 1 is 1.40 bits per heavy atom. The maximum absolute atomic E-state index is 12.2. The monoisotopic (exact) mass is 273 g/mol. The summed E-state index contributed by atoms with van der Waals surface area (Å²) in [6.45, 7) is 3.82. The van der Waals surface area contributed by atoms with E-state index in [1.807, 2.05) is 38.1 Å². The lowest BCUT2D eigenvalue weighted by molar-refractivity contribution is -0.121. The fraction of sp³-hybridized carbons (Fsp3) is 0.333. The molecule has 0 spiro atoms. The van der Waals surface area contributed by atoms with Crippen LogP contribution in [0.25, 0.3) is 11.3 Å². The van der Waals surface area contributed by atoms with E-state index in [1.165, 1.54) is 6.39 Å². The molecule has 2 aromatic rings. The highest BCUT2D eigenvalue weighted by Crippen LogP contribution is 2.23. The van der Waals surface area contributed by atoms with Crippen LogP contribution in [0.15, 0.2) is 41.3 Å². The van der Waals surface area contributed by atoms with Gasteiger partial charge in [0.05, 0.1) is 11.7 Å². The van der Waals surface area contributed by atoms with Gasteiger partial charge in [0.1, 0.15) is 0 Å². The van der Waals surface area contributed by atoms with Crippen molar-refractivity contribution in [2.24, 2.45) is 5.73 Å². The molecule has 5 heteroatoms. The predicted molar refractivity (Wildman–Crippen MR) is 78.1 cm³/mol. The summed E-state index contributed by atoms with van der Waals surface area (Å²) in [5.74, 6) is 0.489. The van der Waals surface area contributed by atoms with Gasteiger partial charge in [-0.25, -0.2) is 4.98 Å². The van der Waals surface area contributed by atoms with Crippen molar-refractivity contribution in [1.82, 2.24) is 4.98 Å². The summed E-state index contributed by atoms with van der Waals surface area (Å²) >= 11 is 0. The summed E-state index contributed by atoms with van der Waals surface area (Å²) in [5, 5.41) is 2.86. The minimum Gasteiger partial charge on any atom is -0.444 e. The molecule has 106 valence electrons. The number of aromatic nitrogens is 1. The third-order valence-corrected chi connectivity index (χ3v) is 3.55. The topological polar surface area (TPSA) is 81.2 Å². The van der Waals surface area contributed by atoms with Crippen molar-refractivity contribution < 1.29 is 9.21 Å². The van der Waals surface area contributed by atoms with Gasteiger partial charge in [0, 0.05) is 11.3 Å². The first kappa shape index (κ1) is 14.3. The van der Waals surface area contributed by atoms with E-state index in [-0.39, 0.29) is 5.91 Å². The van der Waals surface area contributed by atoms with Crippen molar-refractivity contribution in [2.75, 3.05) is 5.32 Å². The molecule has 1 aromatic carbocycles. The van der Waals surface area contributed by atoms with Crippen LogP contribution >= 0.6 is 0 Å². The number of hydrogen-bond acceptors (Lipinski definition) is 4. The number of nitrogens with two attached hydrogens (primary N) is 1. The Balaban J connectivity index is 2.19. The Bertz CT molecular complexity index is 575. The molecule has 0 saturated carbocycles. The van der Waals surface area contributed by atoms with Crippen molar-refractivity contribution in [2.45, 2.75) is 32.2 Å². The van der Waals surface area contributed by atoms with Crippen molar-refractivity contribution in [1.29, 1.82) is 0 Å². The van der Waals surface area contributed by atoms with Gasteiger partial charge in [-0.2, -0.15) is 0 Å². The number of carbonyl (C=O) groups excluding carboxylic acids is 1. The van der Waals surface area contributed by atoms with Gasteiger partial charge in [-0.3, -0.25) is 4.79 Å². The Hall–Kier alpha value is -2.14. The van der Waals surface area contributed by atoms with Gasteiger partial charge < -0.3 is 15.5 Å². The quantitative estimate of drug-likeness (QED) is 0.877. The Kier molecular flexibility index (Phi) is 4.20. The summed E-state index contributed by atoms with van der Waals surface area (Å²) in [4.78, 5) is 16.1. The van der Waals surface area contributed by atoms with Crippen LogP contribution in [0.5, 0.6) is 0 Å². The van der Waals surface area contributed by atoms with Crippen LogP contribution in [-0.2, 0) is 4.79 Å². The Morgan fingerprint density at radius 3 is 2.75 bits per heavy atom. The Labute approximate surface area is 118 Å². The van der Waals surface area contributed by atoms with Gasteiger partial charge in [0.25, 0.3) is 0 Å². The van der Waals surface area contributed by atoms with E-state index in [2.05, 4.69) is 10.3 Å². The van der Waals surface area contributed by atoms with Crippen molar-refractivity contribution in [3.63, 3.8) is 0 Å². The molecular formula is C15H19N3O2. The second-order valence-corrected chi connectivity index (χ2v) is 4.76. The van der Waals surface area contributed by atoms with Gasteiger partial charge in [-0.05, 0) is 25.0 Å². The number of anilines is 1. The number of nitrogens with zero attached hydrogens (tertiary/aromatic N) is 1. The molecule has 1 amide bonds. The number of rotatable bonds is 5. The standard InChI is InChI=1S/C15H19N3O2/c1-3-15(16,4-2)14(19)18-12-7-5-6-11(8-12)13-9-17-10-20-13/h5-10H,3-4,16H2,1-2H3,(H,18,19). The van der Waals surface area contributed by atoms with E-state index in [4.69, 9.17) is 10.2 Å². The van der Waals surface area contributed by atoms with Crippen LogP contribution in [0.4, 0.5) is 5.69 Å². The van der Waals surface area contributed by atoms with Crippen LogP contribution in [0.3, 0.4) is 0 Å². The lowest BCUT2D eigenvalue weighted by atomic mass is 9.93. The van der Waals surface area contributed by atoms with Crippen molar-refractivity contribution >= 4 is 11.6 Å². The number of hydrogen-bond donors (Lipinski definition) is 2. The number of benzene rings is 1. The van der Waals surface area contributed by atoms with Crippen LogP contribution in [0.2, 0.25) is 0 Å². The summed E-state index contributed by atoms with van der Waals surface area (Å²) in [6.07, 6.45) is 4.19. The van der Waals surface area contributed by atoms with Crippen molar-refractivity contribution in [3.8, 4) is 11.3 Å². The molecule has 0 unspecified atom stereocenters. The van der Waals surface area contributed by atoms with E-state index < -0.39 is 5.54 Å². The second kappa shape index (κ2) is 5.88. The lowest BCUT2D eigenvalue weighted by Crippen LogP contribution is -2.50. The largest absolute Gasteiger partial charge is 0.444 e. The van der Waals surface area contributed by atoms with E-state index >= 15 is 0 Å². The molecule has 1 aromatic heterocycles. The third-order valence-electron chi connectivity index (χ3n) is 3.55. The zero-order valence-electron chi connectivity index (χ0n) is 11.7. The highest BCUT2D eigenvalue weighted by atomic mass is 16.3. The number of nitrogens with one attached hydrogen (secondary N) is 1. The minimum atomic E-state index is -0.831. The maximum Gasteiger partial charge on any atom is 0.244 e. The zero-order valence-corrected chi connectivity index (χ0v) is 11.7. The summed E-state index contributed by atoms with van der Waals surface area (Å²) in [5.41, 5.74) is 6.80. The second-order valence-electron chi connectivity index (χ2n) is 4.76. The molecular weight excluding hydrogens is 254 g/mol. The molecule has 2 rings (SSSR count). The molecule has 0 fully saturated rings.